The standard InChI is InChI=1S/C17H29NO4/c1-4-21-17-13(9-6-10-19)14(12-7-5-8-12)11-15(22-17)16(20)18(2)3/h11-14,17,19H,4-10H2,1-3H3/t13-,14-,17-/m0/s1. The average molecular weight is 311 g/mol. The van der Waals surface area contributed by atoms with Gasteiger partial charge < -0.3 is 19.5 Å². The molecule has 0 unspecified atom stereocenters. The number of allylic oxidation sites excluding steroid dienone is 1. The highest BCUT2D eigenvalue weighted by Crippen LogP contribution is 2.44. The molecule has 1 amide bonds. The summed E-state index contributed by atoms with van der Waals surface area (Å²) < 4.78 is 11.7. The van der Waals surface area contributed by atoms with Crippen molar-refractivity contribution < 1.29 is 19.4 Å². The summed E-state index contributed by atoms with van der Waals surface area (Å²) in [5, 5.41) is 9.16. The van der Waals surface area contributed by atoms with Crippen LogP contribution in [0.4, 0.5) is 0 Å². The number of carbonyl (C=O) groups excluding carboxylic acids is 1. The van der Waals surface area contributed by atoms with E-state index in [-0.39, 0.29) is 24.7 Å². The van der Waals surface area contributed by atoms with Crippen LogP contribution in [0.2, 0.25) is 0 Å². The van der Waals surface area contributed by atoms with Gasteiger partial charge in [0.05, 0.1) is 0 Å². The van der Waals surface area contributed by atoms with E-state index in [1.54, 1.807) is 19.0 Å². The monoisotopic (exact) mass is 311 g/mol. The zero-order chi connectivity index (χ0) is 16.1. The Morgan fingerprint density at radius 3 is 2.68 bits per heavy atom. The van der Waals surface area contributed by atoms with Crippen LogP contribution in [0.3, 0.4) is 0 Å². The summed E-state index contributed by atoms with van der Waals surface area (Å²) in [6.45, 7) is 2.68. The van der Waals surface area contributed by atoms with Crippen molar-refractivity contribution in [3.05, 3.63) is 11.8 Å². The van der Waals surface area contributed by atoms with E-state index >= 15 is 0 Å². The van der Waals surface area contributed by atoms with Gasteiger partial charge in [-0.15, -0.1) is 0 Å². The highest BCUT2D eigenvalue weighted by atomic mass is 16.7. The Balaban J connectivity index is 2.22. The van der Waals surface area contributed by atoms with Gasteiger partial charge in [-0.25, -0.2) is 0 Å². The lowest BCUT2D eigenvalue weighted by Gasteiger charge is -2.43. The lowest BCUT2D eigenvalue weighted by atomic mass is 9.68. The van der Waals surface area contributed by atoms with Crippen LogP contribution < -0.4 is 0 Å². The Labute approximate surface area is 133 Å². The Bertz CT molecular complexity index is 403. The second-order valence-electron chi connectivity index (χ2n) is 6.47. The fourth-order valence-corrected chi connectivity index (χ4v) is 3.36. The molecule has 0 spiro atoms. The fourth-order valence-electron chi connectivity index (χ4n) is 3.36. The van der Waals surface area contributed by atoms with Crippen molar-refractivity contribution in [1.29, 1.82) is 0 Å². The van der Waals surface area contributed by atoms with Crippen molar-refractivity contribution in [2.24, 2.45) is 17.8 Å². The maximum atomic E-state index is 12.3. The van der Waals surface area contributed by atoms with Gasteiger partial charge in [-0.05, 0) is 50.5 Å². The second-order valence-corrected chi connectivity index (χ2v) is 6.47. The van der Waals surface area contributed by atoms with Gasteiger partial charge in [0.1, 0.15) is 0 Å². The van der Waals surface area contributed by atoms with Crippen LogP contribution in [0, 0.1) is 17.8 Å². The molecule has 22 heavy (non-hydrogen) atoms. The number of carbonyl (C=O) groups is 1. The second kappa shape index (κ2) is 7.97. The molecule has 5 heteroatoms. The molecular formula is C17H29NO4. The topological polar surface area (TPSA) is 59.0 Å². The predicted octanol–water partition coefficient (Wildman–Crippen LogP) is 2.16. The van der Waals surface area contributed by atoms with Crippen molar-refractivity contribution in [1.82, 2.24) is 4.90 Å². The van der Waals surface area contributed by atoms with Gasteiger partial charge in [0.15, 0.2) is 5.76 Å². The molecule has 1 fully saturated rings. The summed E-state index contributed by atoms with van der Waals surface area (Å²) in [6, 6.07) is 0. The Hall–Kier alpha value is -1.07. The van der Waals surface area contributed by atoms with E-state index < -0.39 is 0 Å². The fraction of sp³-hybridized carbons (Fsp3) is 0.824. The molecule has 0 aromatic carbocycles. The van der Waals surface area contributed by atoms with Gasteiger partial charge in [0.25, 0.3) is 5.91 Å². The Morgan fingerprint density at radius 1 is 1.45 bits per heavy atom. The number of rotatable bonds is 7. The van der Waals surface area contributed by atoms with E-state index in [0.29, 0.717) is 24.2 Å². The first-order valence-corrected chi connectivity index (χ1v) is 8.41. The number of nitrogens with zero attached hydrogens (tertiary/aromatic N) is 1. The largest absolute Gasteiger partial charge is 0.459 e. The first kappa shape index (κ1) is 17.3. The molecule has 1 heterocycles. The molecule has 0 radical (unpaired) electrons. The van der Waals surface area contributed by atoms with Gasteiger partial charge >= 0.3 is 0 Å². The molecule has 1 aliphatic heterocycles. The molecule has 0 saturated heterocycles. The van der Waals surface area contributed by atoms with Crippen molar-refractivity contribution in [2.75, 3.05) is 27.3 Å². The molecule has 0 aromatic rings. The maximum absolute atomic E-state index is 12.3. The minimum atomic E-state index is -0.383. The van der Waals surface area contributed by atoms with E-state index in [1.165, 1.54) is 19.3 Å². The van der Waals surface area contributed by atoms with E-state index in [4.69, 9.17) is 14.6 Å². The van der Waals surface area contributed by atoms with Gasteiger partial charge in [-0.3, -0.25) is 4.79 Å². The smallest absolute Gasteiger partial charge is 0.288 e. The molecule has 2 rings (SSSR count). The van der Waals surface area contributed by atoms with Crippen molar-refractivity contribution in [3.63, 3.8) is 0 Å². The lowest BCUT2D eigenvalue weighted by Crippen LogP contribution is -2.43. The summed E-state index contributed by atoms with van der Waals surface area (Å²) in [5.74, 6) is 1.45. The van der Waals surface area contributed by atoms with Crippen LogP contribution in [0.1, 0.15) is 39.0 Å². The third kappa shape index (κ3) is 3.82. The number of hydrogen-bond donors (Lipinski definition) is 1. The summed E-state index contributed by atoms with van der Waals surface area (Å²) in [6.07, 6.45) is 6.92. The first-order chi connectivity index (χ1) is 10.6. The molecule has 2 aliphatic rings. The molecule has 0 bridgehead atoms. The van der Waals surface area contributed by atoms with Gasteiger partial charge in [0, 0.05) is 33.2 Å². The molecule has 1 saturated carbocycles. The van der Waals surface area contributed by atoms with Gasteiger partial charge in [-0.1, -0.05) is 6.42 Å². The van der Waals surface area contributed by atoms with Crippen LogP contribution in [0.5, 0.6) is 0 Å². The van der Waals surface area contributed by atoms with Crippen LogP contribution in [0.25, 0.3) is 0 Å². The number of aliphatic hydroxyl groups excluding tert-OH is 1. The van der Waals surface area contributed by atoms with Crippen LogP contribution in [-0.2, 0) is 14.3 Å². The molecule has 1 N–H and O–H groups in total. The molecule has 126 valence electrons. The van der Waals surface area contributed by atoms with Gasteiger partial charge in [-0.2, -0.15) is 0 Å². The molecule has 0 aromatic heterocycles. The zero-order valence-electron chi connectivity index (χ0n) is 14.0. The van der Waals surface area contributed by atoms with Gasteiger partial charge in [0.2, 0.25) is 6.29 Å². The third-order valence-corrected chi connectivity index (χ3v) is 4.77. The Morgan fingerprint density at radius 2 is 2.18 bits per heavy atom. The number of amides is 1. The van der Waals surface area contributed by atoms with Crippen molar-refractivity contribution in [3.8, 4) is 0 Å². The van der Waals surface area contributed by atoms with E-state index in [2.05, 4.69) is 0 Å². The minimum Gasteiger partial charge on any atom is -0.459 e. The Kier molecular flexibility index (Phi) is 6.26. The molecule has 3 atom stereocenters. The zero-order valence-corrected chi connectivity index (χ0v) is 14.0. The SMILES string of the molecule is CCO[C@H]1OC(C(=O)N(C)C)=C[C@@H](C2CCC2)[C@@H]1CCCO. The van der Waals surface area contributed by atoms with E-state index in [9.17, 15) is 4.79 Å². The minimum absolute atomic E-state index is 0.102. The van der Waals surface area contributed by atoms with E-state index in [0.717, 1.165) is 12.8 Å². The number of likely N-dealkylation sites (N-methyl/N-ethyl adjacent to an activating group) is 1. The van der Waals surface area contributed by atoms with Crippen LogP contribution in [0.15, 0.2) is 11.8 Å². The summed E-state index contributed by atoms with van der Waals surface area (Å²) in [5.41, 5.74) is 0. The predicted molar refractivity (Wildman–Crippen MR) is 83.9 cm³/mol. The lowest BCUT2D eigenvalue weighted by molar-refractivity contribution is -0.180. The molecule has 5 nitrogen and oxygen atoms in total. The van der Waals surface area contributed by atoms with Crippen molar-refractivity contribution in [2.45, 2.75) is 45.3 Å². The van der Waals surface area contributed by atoms with E-state index in [1.807, 2.05) is 13.0 Å². The molecular weight excluding hydrogens is 282 g/mol. The quantitative estimate of drug-likeness (QED) is 0.783. The highest BCUT2D eigenvalue weighted by molar-refractivity contribution is 5.91. The first-order valence-electron chi connectivity index (χ1n) is 8.41. The third-order valence-electron chi connectivity index (χ3n) is 4.77. The van der Waals surface area contributed by atoms with Crippen LogP contribution >= 0.6 is 0 Å². The number of ether oxygens (including phenoxy) is 2. The maximum Gasteiger partial charge on any atom is 0.288 e. The number of aliphatic hydroxyl groups is 1. The summed E-state index contributed by atoms with van der Waals surface area (Å²) >= 11 is 0. The highest BCUT2D eigenvalue weighted by Gasteiger charge is 2.42. The normalized spacial score (nSPS) is 28.5. The van der Waals surface area contributed by atoms with Crippen molar-refractivity contribution >= 4 is 5.91 Å². The van der Waals surface area contributed by atoms with Crippen LogP contribution in [-0.4, -0.2) is 49.5 Å². The average Bonchev–Trinajstić information content (AvgIpc) is 2.43. The summed E-state index contributed by atoms with van der Waals surface area (Å²) in [4.78, 5) is 13.8. The number of hydrogen-bond acceptors (Lipinski definition) is 4. The summed E-state index contributed by atoms with van der Waals surface area (Å²) in [7, 11) is 3.47. The molecule has 1 aliphatic carbocycles.